The Bertz CT molecular complexity index is 1310. The van der Waals surface area contributed by atoms with E-state index in [9.17, 15) is 4.79 Å². The van der Waals surface area contributed by atoms with Crippen molar-refractivity contribution in [3.63, 3.8) is 0 Å². The van der Waals surface area contributed by atoms with Crippen molar-refractivity contribution in [3.05, 3.63) is 107 Å². The molecule has 0 bridgehead atoms. The van der Waals surface area contributed by atoms with Gasteiger partial charge in [0.2, 0.25) is 0 Å². The zero-order valence-electron chi connectivity index (χ0n) is 19.7. The van der Waals surface area contributed by atoms with Crippen molar-refractivity contribution in [3.8, 4) is 5.69 Å². The van der Waals surface area contributed by atoms with Gasteiger partial charge < -0.3 is 15.8 Å². The first kappa shape index (κ1) is 23.0. The lowest BCUT2D eigenvalue weighted by atomic mass is 10.0. The number of carbonyl (C=O) groups is 1. The number of anilines is 1. The third-order valence-electron chi connectivity index (χ3n) is 6.08. The molecule has 0 aliphatic heterocycles. The Hall–Kier alpha value is -3.81. The van der Waals surface area contributed by atoms with Crippen LogP contribution < -0.4 is 11.1 Å². The first-order chi connectivity index (χ1) is 17.1. The fraction of sp³-hybridized carbons (Fsp3) is 0.250. The molecule has 0 radical (unpaired) electrons. The lowest BCUT2D eigenvalue weighted by Crippen LogP contribution is -2.17. The highest BCUT2D eigenvalue weighted by molar-refractivity contribution is 6.03. The first-order valence-corrected chi connectivity index (χ1v) is 11.9. The van der Waals surface area contributed by atoms with Crippen LogP contribution in [-0.2, 0) is 11.3 Å². The molecular weight excluding hydrogens is 438 g/mol. The van der Waals surface area contributed by atoms with Crippen LogP contribution in [0.25, 0.3) is 5.69 Å². The molecule has 35 heavy (non-hydrogen) atoms. The number of ether oxygens (including phenoxy) is 1. The largest absolute Gasteiger partial charge is 0.368 e. The Labute approximate surface area is 205 Å². The number of aryl methyl sites for hydroxylation is 1. The molecule has 0 spiro atoms. The molecule has 1 fully saturated rings. The predicted molar refractivity (Wildman–Crippen MR) is 135 cm³/mol. The Balaban J connectivity index is 1.40. The summed E-state index contributed by atoms with van der Waals surface area (Å²) in [6, 6.07) is 21.2. The van der Waals surface area contributed by atoms with Crippen LogP contribution >= 0.6 is 0 Å². The van der Waals surface area contributed by atoms with Gasteiger partial charge >= 0.3 is 0 Å². The summed E-state index contributed by atoms with van der Waals surface area (Å²) in [6.07, 6.45) is 5.79. The molecule has 1 unspecified atom stereocenters. The van der Waals surface area contributed by atoms with Gasteiger partial charge in [0.05, 0.1) is 18.0 Å². The smallest absolute Gasteiger partial charge is 0.274 e. The molecule has 1 amide bonds. The molecule has 7 nitrogen and oxygen atoms in total. The molecule has 7 heteroatoms. The van der Waals surface area contributed by atoms with Crippen LogP contribution in [0.3, 0.4) is 0 Å². The van der Waals surface area contributed by atoms with Gasteiger partial charge in [0.1, 0.15) is 11.8 Å². The van der Waals surface area contributed by atoms with Crippen molar-refractivity contribution in [2.75, 3.05) is 11.9 Å². The molecule has 1 aliphatic rings. The second kappa shape index (κ2) is 10.2. The fourth-order valence-electron chi connectivity index (χ4n) is 4.08. The zero-order valence-corrected chi connectivity index (χ0v) is 19.7. The number of nitrogens with two attached hydrogens (primary N) is 1. The maximum absolute atomic E-state index is 13.3. The molecule has 3 N–H and O–H groups in total. The van der Waals surface area contributed by atoms with Crippen molar-refractivity contribution in [2.45, 2.75) is 32.4 Å². The predicted octanol–water partition coefficient (Wildman–Crippen LogP) is 4.80. The monoisotopic (exact) mass is 467 g/mol. The minimum absolute atomic E-state index is 0.238. The Kier molecular flexibility index (Phi) is 6.70. The van der Waals surface area contributed by atoms with Crippen molar-refractivity contribution in [2.24, 2.45) is 11.7 Å². The van der Waals surface area contributed by atoms with Gasteiger partial charge in [-0.1, -0.05) is 30.3 Å². The van der Waals surface area contributed by atoms with E-state index in [1.54, 1.807) is 16.9 Å². The fourth-order valence-corrected chi connectivity index (χ4v) is 4.08. The van der Waals surface area contributed by atoms with Crippen molar-refractivity contribution in [1.29, 1.82) is 0 Å². The SMILES string of the molecule is Cc1cc(C(=O)Nc2cccc(C(OCC3CC3)c3cccnc3)c2)n(-c2cccc(CN)c2)n1. The minimum atomic E-state index is -0.243. The molecule has 4 aromatic rings. The number of amides is 1. The van der Waals surface area contributed by atoms with Gasteiger partial charge in [-0.3, -0.25) is 9.78 Å². The van der Waals surface area contributed by atoms with Gasteiger partial charge in [-0.2, -0.15) is 5.10 Å². The Morgan fingerprint density at radius 2 is 1.94 bits per heavy atom. The highest BCUT2D eigenvalue weighted by atomic mass is 16.5. The van der Waals surface area contributed by atoms with Crippen LogP contribution in [0.2, 0.25) is 0 Å². The number of rotatable bonds is 9. The van der Waals surface area contributed by atoms with E-state index in [4.69, 9.17) is 10.5 Å². The topological polar surface area (TPSA) is 95.1 Å². The van der Waals surface area contributed by atoms with Crippen LogP contribution in [0.15, 0.2) is 79.1 Å². The van der Waals surface area contributed by atoms with Crippen LogP contribution in [0.1, 0.15) is 51.8 Å². The summed E-state index contributed by atoms with van der Waals surface area (Å²) in [5.41, 5.74) is 11.4. The highest BCUT2D eigenvalue weighted by Gasteiger charge is 2.25. The lowest BCUT2D eigenvalue weighted by molar-refractivity contribution is 0.0716. The lowest BCUT2D eigenvalue weighted by Gasteiger charge is -2.19. The first-order valence-electron chi connectivity index (χ1n) is 11.9. The summed E-state index contributed by atoms with van der Waals surface area (Å²) in [7, 11) is 0. The Morgan fingerprint density at radius 1 is 1.11 bits per heavy atom. The number of pyridine rings is 1. The van der Waals surface area contributed by atoms with Gasteiger partial charge in [0.25, 0.3) is 5.91 Å². The van der Waals surface area contributed by atoms with Crippen molar-refractivity contribution in [1.82, 2.24) is 14.8 Å². The standard InChI is InChI=1S/C28H29N5O2/c1-19-13-26(33(32-19)25-9-2-5-21(14-25)16-29)28(34)31-24-8-3-6-22(15-24)27(35-18-20-10-11-20)23-7-4-12-30-17-23/h2-9,12-15,17,20,27H,10-11,16,18,29H2,1H3,(H,31,34). The van der Waals surface area contributed by atoms with E-state index in [0.29, 0.717) is 23.8 Å². The number of hydrogen-bond acceptors (Lipinski definition) is 5. The van der Waals surface area contributed by atoms with Gasteiger partial charge in [-0.15, -0.1) is 0 Å². The van der Waals surface area contributed by atoms with Gasteiger partial charge in [-0.05, 0) is 73.2 Å². The molecule has 5 rings (SSSR count). The molecule has 2 aromatic heterocycles. The number of hydrogen-bond donors (Lipinski definition) is 2. The summed E-state index contributed by atoms with van der Waals surface area (Å²) in [5, 5.41) is 7.58. The zero-order chi connectivity index (χ0) is 24.2. The molecular formula is C28H29N5O2. The molecule has 1 aliphatic carbocycles. The quantitative estimate of drug-likeness (QED) is 0.369. The van der Waals surface area contributed by atoms with Crippen molar-refractivity contribution < 1.29 is 9.53 Å². The van der Waals surface area contributed by atoms with Gasteiger partial charge in [-0.25, -0.2) is 4.68 Å². The normalized spacial score (nSPS) is 14.0. The number of nitrogens with one attached hydrogen (secondary N) is 1. The van der Waals surface area contributed by atoms with E-state index in [1.807, 2.05) is 73.8 Å². The maximum atomic E-state index is 13.3. The number of aromatic nitrogens is 3. The molecule has 2 aromatic carbocycles. The van der Waals surface area contributed by atoms with Crippen molar-refractivity contribution >= 4 is 11.6 Å². The Morgan fingerprint density at radius 3 is 2.71 bits per heavy atom. The molecule has 0 saturated heterocycles. The molecule has 1 saturated carbocycles. The van der Waals surface area contributed by atoms with Crippen LogP contribution in [0.5, 0.6) is 0 Å². The summed E-state index contributed by atoms with van der Waals surface area (Å²) < 4.78 is 7.97. The summed E-state index contributed by atoms with van der Waals surface area (Å²) in [4.78, 5) is 17.6. The average Bonchev–Trinajstić information content (AvgIpc) is 3.63. The number of benzene rings is 2. The average molecular weight is 468 g/mol. The third-order valence-corrected chi connectivity index (χ3v) is 6.08. The van der Waals surface area contributed by atoms with Gasteiger partial charge in [0, 0.05) is 30.2 Å². The minimum Gasteiger partial charge on any atom is -0.368 e. The third kappa shape index (κ3) is 5.48. The van der Waals surface area contributed by atoms with E-state index in [-0.39, 0.29) is 12.0 Å². The second-order valence-electron chi connectivity index (χ2n) is 8.98. The summed E-state index contributed by atoms with van der Waals surface area (Å²) >= 11 is 0. The van der Waals surface area contributed by atoms with E-state index in [2.05, 4.69) is 15.4 Å². The summed E-state index contributed by atoms with van der Waals surface area (Å²) in [5.74, 6) is 0.399. The van der Waals surface area contributed by atoms with Crippen LogP contribution in [0, 0.1) is 12.8 Å². The molecule has 1 atom stereocenters. The number of carbonyl (C=O) groups excluding carboxylic acids is 1. The van der Waals surface area contributed by atoms with Crippen LogP contribution in [0.4, 0.5) is 5.69 Å². The maximum Gasteiger partial charge on any atom is 0.274 e. The highest BCUT2D eigenvalue weighted by Crippen LogP contribution is 2.34. The van der Waals surface area contributed by atoms with Gasteiger partial charge in [0.15, 0.2) is 0 Å². The van der Waals surface area contributed by atoms with Crippen LogP contribution in [-0.4, -0.2) is 27.3 Å². The van der Waals surface area contributed by atoms with E-state index < -0.39 is 0 Å². The van der Waals surface area contributed by atoms with E-state index in [0.717, 1.165) is 34.7 Å². The van der Waals surface area contributed by atoms with E-state index in [1.165, 1.54) is 12.8 Å². The van der Waals surface area contributed by atoms with E-state index >= 15 is 0 Å². The molecule has 178 valence electrons. The molecule has 2 heterocycles. The summed E-state index contributed by atoms with van der Waals surface area (Å²) in [6.45, 7) is 3.01. The number of nitrogens with zero attached hydrogens (tertiary/aromatic N) is 3. The second-order valence-corrected chi connectivity index (χ2v) is 8.98.